The lowest BCUT2D eigenvalue weighted by Crippen LogP contribution is -2.46. The third-order valence-corrected chi connectivity index (χ3v) is 9.39. The SMILES string of the molecule is CCC(C)n1ncn(-c2ccc(N3CCN(c4ccc(OCC5COC(CN=CN=CN)(c6ccc(Cl)cc6Cl)O5)cc4)CC3)cc2)c1=O. The summed E-state index contributed by atoms with van der Waals surface area (Å²) >= 11 is 12.7. The molecule has 49 heavy (non-hydrogen) atoms. The fourth-order valence-electron chi connectivity index (χ4n) is 5.96. The van der Waals surface area contributed by atoms with Crippen LogP contribution in [0.15, 0.2) is 87.8 Å². The Balaban J connectivity index is 1.01. The molecule has 2 aliphatic rings. The highest BCUT2D eigenvalue weighted by molar-refractivity contribution is 6.35. The average molecular weight is 708 g/mol. The zero-order valence-electron chi connectivity index (χ0n) is 27.5. The van der Waals surface area contributed by atoms with Gasteiger partial charge >= 0.3 is 5.69 Å². The molecular formula is C35H40Cl2N8O4. The van der Waals surface area contributed by atoms with E-state index in [0.717, 1.165) is 61.8 Å². The second-order valence-corrected chi connectivity index (χ2v) is 12.8. The van der Waals surface area contributed by atoms with Crippen LogP contribution < -0.4 is 26.0 Å². The highest BCUT2D eigenvalue weighted by Gasteiger charge is 2.45. The molecule has 3 aromatic carbocycles. The summed E-state index contributed by atoms with van der Waals surface area (Å²) in [6, 6.07) is 21.4. The quantitative estimate of drug-likeness (QED) is 0.156. The maximum atomic E-state index is 12.8. The largest absolute Gasteiger partial charge is 0.491 e. The first-order valence-electron chi connectivity index (χ1n) is 16.3. The van der Waals surface area contributed by atoms with Gasteiger partial charge in [0.1, 0.15) is 31.1 Å². The lowest BCUT2D eigenvalue weighted by molar-refractivity contribution is -0.170. The zero-order valence-corrected chi connectivity index (χ0v) is 29.0. The van der Waals surface area contributed by atoms with Crippen molar-refractivity contribution in [2.45, 2.75) is 38.2 Å². The molecule has 4 aromatic rings. The molecule has 1 aromatic heterocycles. The Bertz CT molecular complexity index is 1820. The number of hydrogen-bond acceptors (Lipinski definition) is 8. The average Bonchev–Trinajstić information content (AvgIpc) is 3.73. The smallest absolute Gasteiger partial charge is 0.350 e. The summed E-state index contributed by atoms with van der Waals surface area (Å²) in [7, 11) is 0. The fraction of sp³-hybridized carbons (Fsp3) is 0.371. The highest BCUT2D eigenvalue weighted by atomic mass is 35.5. The van der Waals surface area contributed by atoms with Gasteiger partial charge < -0.3 is 29.7 Å². The van der Waals surface area contributed by atoms with E-state index in [4.69, 9.17) is 43.1 Å². The van der Waals surface area contributed by atoms with Gasteiger partial charge in [0.25, 0.3) is 0 Å². The van der Waals surface area contributed by atoms with Crippen molar-refractivity contribution in [1.82, 2.24) is 14.3 Å². The number of rotatable bonds is 12. The predicted molar refractivity (Wildman–Crippen MR) is 194 cm³/mol. The van der Waals surface area contributed by atoms with Crippen LogP contribution in [0.1, 0.15) is 31.9 Å². The van der Waals surface area contributed by atoms with Crippen molar-refractivity contribution in [2.75, 3.05) is 55.7 Å². The second kappa shape index (κ2) is 15.5. The summed E-state index contributed by atoms with van der Waals surface area (Å²) in [5.41, 5.74) is 8.90. The number of benzene rings is 3. The third kappa shape index (κ3) is 7.78. The van der Waals surface area contributed by atoms with E-state index in [-0.39, 0.29) is 31.0 Å². The fourth-order valence-corrected chi connectivity index (χ4v) is 6.51. The van der Waals surface area contributed by atoms with Crippen molar-refractivity contribution in [2.24, 2.45) is 15.7 Å². The van der Waals surface area contributed by atoms with Crippen molar-refractivity contribution >= 4 is 47.3 Å². The van der Waals surface area contributed by atoms with Crippen LogP contribution in [0.25, 0.3) is 5.69 Å². The molecule has 0 aliphatic carbocycles. The van der Waals surface area contributed by atoms with Gasteiger partial charge in [-0.2, -0.15) is 5.10 Å². The first-order chi connectivity index (χ1) is 23.8. The first-order valence-corrected chi connectivity index (χ1v) is 17.0. The van der Waals surface area contributed by atoms with Gasteiger partial charge in [0.05, 0.1) is 36.2 Å². The van der Waals surface area contributed by atoms with Gasteiger partial charge in [0, 0.05) is 48.1 Å². The topological polar surface area (TPSA) is 125 Å². The number of anilines is 2. The maximum absolute atomic E-state index is 12.8. The summed E-state index contributed by atoms with van der Waals surface area (Å²) < 4.78 is 21.8. The molecule has 0 spiro atoms. The standard InChI is InChI=1S/C35H40Cl2N8O4/c1-3-25(2)45-34(46)44(24-41-45)29-7-5-27(6-8-29)42-14-16-43(17-15-42)28-9-11-30(12-10-28)47-19-31-20-48-35(49-31,21-39-23-40-22-38)32-13-4-26(36)18-33(32)37/h4-13,18,22-25,31H,3,14-17,19-21H2,1-2H3,(H2,38,39,40). The molecule has 2 saturated heterocycles. The van der Waals surface area contributed by atoms with E-state index in [2.05, 4.69) is 49.1 Å². The maximum Gasteiger partial charge on any atom is 0.350 e. The highest BCUT2D eigenvalue weighted by Crippen LogP contribution is 2.39. The van der Waals surface area contributed by atoms with Gasteiger partial charge in [-0.05, 0) is 74.0 Å². The van der Waals surface area contributed by atoms with E-state index >= 15 is 0 Å². The van der Waals surface area contributed by atoms with E-state index in [9.17, 15) is 4.79 Å². The Kier molecular flexibility index (Phi) is 10.9. The monoisotopic (exact) mass is 706 g/mol. The molecule has 14 heteroatoms. The van der Waals surface area contributed by atoms with Crippen LogP contribution in [0, 0.1) is 0 Å². The van der Waals surface area contributed by atoms with Crippen LogP contribution >= 0.6 is 23.2 Å². The number of nitrogens with two attached hydrogens (primary N) is 1. The van der Waals surface area contributed by atoms with Gasteiger partial charge in [-0.25, -0.2) is 19.0 Å². The Morgan fingerprint density at radius 1 is 1.02 bits per heavy atom. The molecule has 258 valence electrons. The van der Waals surface area contributed by atoms with Crippen LogP contribution in [-0.2, 0) is 15.3 Å². The van der Waals surface area contributed by atoms with Crippen molar-refractivity contribution < 1.29 is 14.2 Å². The summed E-state index contributed by atoms with van der Waals surface area (Å²) in [6.45, 7) is 8.26. The summed E-state index contributed by atoms with van der Waals surface area (Å²) in [5.74, 6) is -0.474. The zero-order chi connectivity index (χ0) is 34.4. The number of halogens is 2. The number of aromatic nitrogens is 3. The lowest BCUT2D eigenvalue weighted by Gasteiger charge is -2.37. The Morgan fingerprint density at radius 3 is 2.31 bits per heavy atom. The van der Waals surface area contributed by atoms with Crippen LogP contribution in [0.4, 0.5) is 11.4 Å². The molecular weight excluding hydrogens is 667 g/mol. The molecule has 3 heterocycles. The number of ether oxygens (including phenoxy) is 3. The van der Waals surface area contributed by atoms with Gasteiger partial charge in [-0.15, -0.1) is 0 Å². The Hall–Kier alpha value is -4.36. The minimum atomic E-state index is -1.21. The summed E-state index contributed by atoms with van der Waals surface area (Å²) in [6.07, 6.45) is 4.58. The number of piperazine rings is 1. The van der Waals surface area contributed by atoms with E-state index in [1.807, 2.05) is 38.1 Å². The van der Waals surface area contributed by atoms with Gasteiger partial charge in [0.2, 0.25) is 5.79 Å². The van der Waals surface area contributed by atoms with Crippen LogP contribution in [0.5, 0.6) is 5.75 Å². The third-order valence-electron chi connectivity index (χ3n) is 8.85. The normalized spacial score (nSPS) is 20.4. The van der Waals surface area contributed by atoms with Gasteiger partial charge in [-0.1, -0.05) is 36.2 Å². The molecule has 2 N–H and O–H groups in total. The van der Waals surface area contributed by atoms with Crippen LogP contribution in [-0.4, -0.2) is 79.1 Å². The van der Waals surface area contributed by atoms with Crippen molar-refractivity contribution in [3.05, 3.63) is 99.2 Å². The molecule has 0 bridgehead atoms. The summed E-state index contributed by atoms with van der Waals surface area (Å²) in [5, 5.41) is 5.22. The molecule has 0 saturated carbocycles. The number of hydrogen-bond donors (Lipinski definition) is 1. The molecule has 2 fully saturated rings. The molecule has 3 unspecified atom stereocenters. The molecule has 2 aliphatic heterocycles. The molecule has 0 radical (unpaired) electrons. The lowest BCUT2D eigenvalue weighted by atomic mass is 10.1. The van der Waals surface area contributed by atoms with E-state index in [1.54, 1.807) is 29.1 Å². The minimum absolute atomic E-state index is 0.0619. The van der Waals surface area contributed by atoms with E-state index in [0.29, 0.717) is 22.2 Å². The van der Waals surface area contributed by atoms with E-state index in [1.165, 1.54) is 11.0 Å². The second-order valence-electron chi connectivity index (χ2n) is 12.0. The number of aliphatic imine (C=N–C) groups is 2. The van der Waals surface area contributed by atoms with Crippen LogP contribution in [0.3, 0.4) is 0 Å². The van der Waals surface area contributed by atoms with Crippen molar-refractivity contribution in [1.29, 1.82) is 0 Å². The van der Waals surface area contributed by atoms with Gasteiger partial charge in [0.15, 0.2) is 0 Å². The first kappa shape index (κ1) is 34.5. The molecule has 6 rings (SSSR count). The predicted octanol–water partition coefficient (Wildman–Crippen LogP) is 5.30. The Labute approximate surface area is 295 Å². The minimum Gasteiger partial charge on any atom is -0.491 e. The van der Waals surface area contributed by atoms with Gasteiger partial charge in [-0.3, -0.25) is 4.99 Å². The molecule has 3 atom stereocenters. The van der Waals surface area contributed by atoms with Crippen molar-refractivity contribution in [3.63, 3.8) is 0 Å². The Morgan fingerprint density at radius 2 is 1.67 bits per heavy atom. The molecule has 0 amide bonds. The van der Waals surface area contributed by atoms with E-state index < -0.39 is 5.79 Å². The summed E-state index contributed by atoms with van der Waals surface area (Å²) in [4.78, 5) is 25.6. The van der Waals surface area contributed by atoms with Crippen LogP contribution in [0.2, 0.25) is 10.0 Å². The molecule has 12 nitrogen and oxygen atoms in total. The number of nitrogens with zero attached hydrogens (tertiary/aromatic N) is 7. The van der Waals surface area contributed by atoms with Crippen molar-refractivity contribution in [3.8, 4) is 11.4 Å².